The molecule has 2 aliphatic rings. The normalized spacial score (nSPS) is 28.5. The third-order valence-electron chi connectivity index (χ3n) is 5.46. The van der Waals surface area contributed by atoms with Gasteiger partial charge in [-0.3, -0.25) is 4.90 Å². The number of rotatable bonds is 3. The van der Waals surface area contributed by atoms with Crippen molar-refractivity contribution in [2.45, 2.75) is 50.6 Å². The van der Waals surface area contributed by atoms with Gasteiger partial charge in [0.15, 0.2) is 0 Å². The molecule has 4 rings (SSSR count). The van der Waals surface area contributed by atoms with E-state index in [1.807, 2.05) is 12.4 Å². The third kappa shape index (κ3) is 2.54. The fraction of sp³-hybridized carbons (Fsp3) is 0.474. The second kappa shape index (κ2) is 5.81. The van der Waals surface area contributed by atoms with Gasteiger partial charge in [-0.25, -0.2) is 9.97 Å². The first-order valence-corrected chi connectivity index (χ1v) is 8.42. The standard InChI is InChI=1S/C19H23N3/c1-14-3-2-8-22(14)19-9-17(10-19)15-4-6-16(7-5-15)18-11-20-13-21-12-18/h4-7,11-14,17,19H,2-3,8-10H2,1H3/t14-,17-,19+/m1/s1. The molecule has 1 aliphatic heterocycles. The maximum absolute atomic E-state index is 4.09. The number of hydrogen-bond donors (Lipinski definition) is 0. The highest BCUT2D eigenvalue weighted by Crippen LogP contribution is 2.42. The van der Waals surface area contributed by atoms with Crippen molar-refractivity contribution in [2.24, 2.45) is 0 Å². The molecule has 0 N–H and O–H groups in total. The predicted octanol–water partition coefficient (Wildman–Crippen LogP) is 3.87. The molecule has 22 heavy (non-hydrogen) atoms. The Labute approximate surface area is 132 Å². The van der Waals surface area contributed by atoms with Gasteiger partial charge in [-0.15, -0.1) is 0 Å². The molecule has 3 heteroatoms. The summed E-state index contributed by atoms with van der Waals surface area (Å²) in [6, 6.07) is 10.6. The predicted molar refractivity (Wildman–Crippen MR) is 88.6 cm³/mol. The molecule has 1 saturated heterocycles. The summed E-state index contributed by atoms with van der Waals surface area (Å²) < 4.78 is 0. The lowest BCUT2D eigenvalue weighted by atomic mass is 9.74. The number of benzene rings is 1. The van der Waals surface area contributed by atoms with Crippen LogP contribution in [-0.2, 0) is 0 Å². The minimum atomic E-state index is 0.749. The number of nitrogens with zero attached hydrogens (tertiary/aromatic N) is 3. The molecule has 0 unspecified atom stereocenters. The van der Waals surface area contributed by atoms with Gasteiger partial charge in [-0.05, 0) is 56.2 Å². The highest BCUT2D eigenvalue weighted by molar-refractivity contribution is 5.61. The molecule has 114 valence electrons. The van der Waals surface area contributed by atoms with Gasteiger partial charge in [0.25, 0.3) is 0 Å². The van der Waals surface area contributed by atoms with Crippen molar-refractivity contribution >= 4 is 0 Å². The second-order valence-electron chi connectivity index (χ2n) is 6.80. The fourth-order valence-corrected chi connectivity index (χ4v) is 4.02. The number of aromatic nitrogens is 2. The Bertz CT molecular complexity index is 617. The van der Waals surface area contributed by atoms with Gasteiger partial charge < -0.3 is 0 Å². The molecule has 1 aromatic heterocycles. The maximum Gasteiger partial charge on any atom is 0.115 e. The third-order valence-corrected chi connectivity index (χ3v) is 5.46. The average molecular weight is 293 g/mol. The lowest BCUT2D eigenvalue weighted by molar-refractivity contribution is 0.103. The summed E-state index contributed by atoms with van der Waals surface area (Å²) in [5.41, 5.74) is 3.78. The molecule has 1 aromatic carbocycles. The SMILES string of the molecule is C[C@@H]1CCCN1[C@H]1C[C@@H](c2ccc(-c3cncnc3)cc2)C1. The van der Waals surface area contributed by atoms with Crippen LogP contribution < -0.4 is 0 Å². The van der Waals surface area contributed by atoms with Gasteiger partial charge in [-0.1, -0.05) is 24.3 Å². The quantitative estimate of drug-likeness (QED) is 0.860. The van der Waals surface area contributed by atoms with E-state index in [4.69, 9.17) is 0 Å². The maximum atomic E-state index is 4.09. The van der Waals surface area contributed by atoms with Gasteiger partial charge in [0, 0.05) is 30.0 Å². The monoisotopic (exact) mass is 293 g/mol. The van der Waals surface area contributed by atoms with E-state index in [-0.39, 0.29) is 0 Å². The number of hydrogen-bond acceptors (Lipinski definition) is 3. The molecule has 1 saturated carbocycles. The van der Waals surface area contributed by atoms with Crippen molar-refractivity contribution in [2.75, 3.05) is 6.54 Å². The van der Waals surface area contributed by atoms with Crippen molar-refractivity contribution in [1.82, 2.24) is 14.9 Å². The topological polar surface area (TPSA) is 29.0 Å². The lowest BCUT2D eigenvalue weighted by Gasteiger charge is -2.43. The van der Waals surface area contributed by atoms with Gasteiger partial charge >= 0.3 is 0 Å². The largest absolute Gasteiger partial charge is 0.298 e. The zero-order chi connectivity index (χ0) is 14.9. The Kier molecular flexibility index (Phi) is 3.67. The van der Waals surface area contributed by atoms with Gasteiger partial charge in [0.1, 0.15) is 6.33 Å². The molecule has 3 nitrogen and oxygen atoms in total. The first kappa shape index (κ1) is 13.9. The Balaban J connectivity index is 1.41. The molecule has 0 bridgehead atoms. The molecule has 0 spiro atoms. The first-order chi connectivity index (χ1) is 10.8. The summed E-state index contributed by atoms with van der Waals surface area (Å²) in [5.74, 6) is 0.749. The van der Waals surface area contributed by atoms with E-state index in [1.54, 1.807) is 6.33 Å². The molecule has 1 aliphatic carbocycles. The molecule has 2 fully saturated rings. The highest BCUT2D eigenvalue weighted by Gasteiger charge is 2.37. The number of likely N-dealkylation sites (tertiary alicyclic amines) is 1. The minimum Gasteiger partial charge on any atom is -0.298 e. The zero-order valence-corrected chi connectivity index (χ0v) is 13.2. The van der Waals surface area contributed by atoms with Crippen LogP contribution >= 0.6 is 0 Å². The van der Waals surface area contributed by atoms with Crippen LogP contribution in [0.15, 0.2) is 43.0 Å². The molecule has 1 atom stereocenters. The summed E-state index contributed by atoms with van der Waals surface area (Å²) in [6.45, 7) is 3.70. The van der Waals surface area contributed by atoms with Gasteiger partial charge in [0.2, 0.25) is 0 Å². The smallest absolute Gasteiger partial charge is 0.115 e. The van der Waals surface area contributed by atoms with E-state index in [0.717, 1.165) is 23.6 Å². The summed E-state index contributed by atoms with van der Waals surface area (Å²) in [7, 11) is 0. The summed E-state index contributed by atoms with van der Waals surface area (Å²) >= 11 is 0. The van der Waals surface area contributed by atoms with Crippen molar-refractivity contribution < 1.29 is 0 Å². The Morgan fingerprint density at radius 3 is 2.36 bits per heavy atom. The van der Waals surface area contributed by atoms with Crippen LogP contribution in [0.25, 0.3) is 11.1 Å². The Morgan fingerprint density at radius 2 is 1.73 bits per heavy atom. The van der Waals surface area contributed by atoms with Crippen LogP contribution in [0.5, 0.6) is 0 Å². The van der Waals surface area contributed by atoms with Crippen LogP contribution in [0, 0.1) is 0 Å². The van der Waals surface area contributed by atoms with Crippen LogP contribution in [0.4, 0.5) is 0 Å². The summed E-state index contributed by atoms with van der Waals surface area (Å²) in [5, 5.41) is 0. The van der Waals surface area contributed by atoms with Crippen molar-refractivity contribution in [3.05, 3.63) is 48.5 Å². The van der Waals surface area contributed by atoms with Gasteiger partial charge in [-0.2, -0.15) is 0 Å². The van der Waals surface area contributed by atoms with Crippen molar-refractivity contribution in [3.63, 3.8) is 0 Å². The van der Waals surface area contributed by atoms with Crippen molar-refractivity contribution in [3.8, 4) is 11.1 Å². The van der Waals surface area contributed by atoms with Gasteiger partial charge in [0.05, 0.1) is 0 Å². The summed E-state index contributed by atoms with van der Waals surface area (Å²) in [4.78, 5) is 10.9. The Hall–Kier alpha value is -1.74. The van der Waals surface area contributed by atoms with Crippen LogP contribution in [0.2, 0.25) is 0 Å². The molecular formula is C19H23N3. The minimum absolute atomic E-state index is 0.749. The van der Waals surface area contributed by atoms with Crippen LogP contribution in [0.3, 0.4) is 0 Å². The second-order valence-corrected chi connectivity index (χ2v) is 6.80. The molecule has 2 aromatic rings. The zero-order valence-electron chi connectivity index (χ0n) is 13.2. The van der Waals surface area contributed by atoms with Crippen molar-refractivity contribution in [1.29, 1.82) is 0 Å². The molecule has 0 radical (unpaired) electrons. The van der Waals surface area contributed by atoms with E-state index in [2.05, 4.69) is 46.1 Å². The lowest BCUT2D eigenvalue weighted by Crippen LogP contribution is -2.45. The first-order valence-electron chi connectivity index (χ1n) is 8.42. The van der Waals surface area contributed by atoms with E-state index in [0.29, 0.717) is 0 Å². The van der Waals surface area contributed by atoms with E-state index in [9.17, 15) is 0 Å². The van der Waals surface area contributed by atoms with E-state index >= 15 is 0 Å². The van der Waals surface area contributed by atoms with E-state index < -0.39 is 0 Å². The average Bonchev–Trinajstić information content (AvgIpc) is 2.94. The van der Waals surface area contributed by atoms with Crippen LogP contribution in [0.1, 0.15) is 44.1 Å². The molecular weight excluding hydrogens is 270 g/mol. The summed E-state index contributed by atoms with van der Waals surface area (Å²) in [6.07, 6.45) is 10.7. The van der Waals surface area contributed by atoms with Crippen LogP contribution in [-0.4, -0.2) is 33.5 Å². The molecule has 0 amide bonds. The highest BCUT2D eigenvalue weighted by atomic mass is 15.2. The molecule has 2 heterocycles. The fourth-order valence-electron chi connectivity index (χ4n) is 4.02. The Morgan fingerprint density at radius 1 is 1.00 bits per heavy atom. The van der Waals surface area contributed by atoms with E-state index in [1.165, 1.54) is 43.4 Å².